The van der Waals surface area contributed by atoms with Gasteiger partial charge in [-0.2, -0.15) is 0 Å². The molecule has 0 unspecified atom stereocenters. The van der Waals surface area contributed by atoms with E-state index in [4.69, 9.17) is 9.84 Å². The standard InChI is InChI=1S/C29H42N2O4/c32-21-26(33)15-14-22-10-12-23(13-11-22)20-31-18-16-25(17-19-31)30-28(24-6-2-1-3-7-24)29(34)35-27-8-4-5-9-27/h10-15,24-25,27-28,30,32H,1-9,16-21H2/b15-14+/t28-/m0/s1. The number of hydrogen-bond acceptors (Lipinski definition) is 6. The number of aliphatic hydroxyl groups is 1. The maximum absolute atomic E-state index is 13.2. The van der Waals surface area contributed by atoms with Gasteiger partial charge in [0.25, 0.3) is 0 Å². The van der Waals surface area contributed by atoms with Gasteiger partial charge in [0.15, 0.2) is 5.78 Å². The monoisotopic (exact) mass is 482 g/mol. The van der Waals surface area contributed by atoms with E-state index in [1.54, 1.807) is 6.08 Å². The Morgan fingerprint density at radius 1 is 0.971 bits per heavy atom. The second-order valence-corrected chi connectivity index (χ2v) is 10.6. The van der Waals surface area contributed by atoms with Crippen molar-refractivity contribution in [1.29, 1.82) is 0 Å². The first-order valence-electron chi connectivity index (χ1n) is 13.7. The molecule has 0 bridgehead atoms. The normalized spacial score (nSPS) is 22.0. The van der Waals surface area contributed by atoms with Crippen molar-refractivity contribution in [3.05, 3.63) is 41.5 Å². The third-order valence-corrected chi connectivity index (χ3v) is 7.97. The number of hydrogen-bond donors (Lipinski definition) is 2. The Balaban J connectivity index is 1.26. The topological polar surface area (TPSA) is 78.9 Å². The van der Waals surface area contributed by atoms with Crippen LogP contribution in [-0.2, 0) is 20.9 Å². The molecule has 1 aromatic rings. The second kappa shape index (κ2) is 13.3. The molecule has 1 aliphatic heterocycles. The van der Waals surface area contributed by atoms with Gasteiger partial charge < -0.3 is 15.2 Å². The molecule has 0 amide bonds. The van der Waals surface area contributed by atoms with E-state index in [2.05, 4.69) is 22.3 Å². The average molecular weight is 483 g/mol. The SMILES string of the molecule is O=C(/C=C/c1ccc(CN2CCC(N[C@H](C(=O)OC3CCCC3)C3CCCCC3)CC2)cc1)CO. The van der Waals surface area contributed by atoms with Crippen LogP contribution >= 0.6 is 0 Å². The zero-order chi connectivity index (χ0) is 24.5. The second-order valence-electron chi connectivity index (χ2n) is 10.6. The summed E-state index contributed by atoms with van der Waals surface area (Å²) in [6, 6.07) is 8.44. The van der Waals surface area contributed by atoms with Crippen molar-refractivity contribution in [2.24, 2.45) is 5.92 Å². The lowest BCUT2D eigenvalue weighted by Gasteiger charge is -2.37. The van der Waals surface area contributed by atoms with Gasteiger partial charge >= 0.3 is 5.97 Å². The molecule has 4 rings (SSSR count). The van der Waals surface area contributed by atoms with Crippen molar-refractivity contribution >= 4 is 17.8 Å². The third-order valence-electron chi connectivity index (χ3n) is 7.97. The van der Waals surface area contributed by atoms with E-state index in [9.17, 15) is 9.59 Å². The fourth-order valence-electron chi connectivity index (χ4n) is 5.85. The van der Waals surface area contributed by atoms with Crippen molar-refractivity contribution in [3.63, 3.8) is 0 Å². The molecular weight excluding hydrogens is 440 g/mol. The number of carbonyl (C=O) groups excluding carboxylic acids is 2. The number of carbonyl (C=O) groups is 2. The molecule has 3 fully saturated rings. The molecule has 192 valence electrons. The molecule has 1 heterocycles. The summed E-state index contributed by atoms with van der Waals surface area (Å²) in [6.45, 7) is 2.48. The molecule has 35 heavy (non-hydrogen) atoms. The Labute approximate surface area is 210 Å². The smallest absolute Gasteiger partial charge is 0.323 e. The molecule has 1 saturated heterocycles. The van der Waals surface area contributed by atoms with Crippen LogP contribution in [0.2, 0.25) is 0 Å². The number of rotatable bonds is 10. The highest BCUT2D eigenvalue weighted by Crippen LogP contribution is 2.30. The molecule has 0 radical (unpaired) electrons. The predicted octanol–water partition coefficient (Wildman–Crippen LogP) is 4.25. The van der Waals surface area contributed by atoms with Crippen LogP contribution in [0, 0.1) is 5.92 Å². The molecule has 2 saturated carbocycles. The zero-order valence-electron chi connectivity index (χ0n) is 21.0. The number of nitrogens with zero attached hydrogens (tertiary/aromatic N) is 1. The molecule has 1 aromatic carbocycles. The summed E-state index contributed by atoms with van der Waals surface area (Å²) in [6.07, 6.45) is 15.8. The Hall–Kier alpha value is -2.02. The van der Waals surface area contributed by atoms with Gasteiger partial charge in [-0.15, -0.1) is 0 Å². The maximum atomic E-state index is 13.2. The van der Waals surface area contributed by atoms with Crippen molar-refractivity contribution < 1.29 is 19.4 Å². The molecule has 6 heteroatoms. The summed E-state index contributed by atoms with van der Waals surface area (Å²) in [7, 11) is 0. The van der Waals surface area contributed by atoms with E-state index in [-0.39, 0.29) is 23.9 Å². The van der Waals surface area contributed by atoms with E-state index in [1.165, 1.54) is 43.7 Å². The molecule has 2 N–H and O–H groups in total. The lowest BCUT2D eigenvalue weighted by molar-refractivity contribution is -0.153. The number of nitrogens with one attached hydrogen (secondary N) is 1. The van der Waals surface area contributed by atoms with Gasteiger partial charge in [0.05, 0.1) is 0 Å². The van der Waals surface area contributed by atoms with Crippen molar-refractivity contribution in [2.75, 3.05) is 19.7 Å². The summed E-state index contributed by atoms with van der Waals surface area (Å²) in [5.41, 5.74) is 2.21. The Morgan fingerprint density at radius 3 is 2.29 bits per heavy atom. The number of piperidine rings is 1. The zero-order valence-corrected chi connectivity index (χ0v) is 21.0. The fraction of sp³-hybridized carbons (Fsp3) is 0.655. The molecule has 0 aromatic heterocycles. The maximum Gasteiger partial charge on any atom is 0.323 e. The highest BCUT2D eigenvalue weighted by molar-refractivity contribution is 5.94. The van der Waals surface area contributed by atoms with Crippen LogP contribution in [0.25, 0.3) is 6.08 Å². The van der Waals surface area contributed by atoms with Gasteiger partial charge in [-0.25, -0.2) is 0 Å². The Kier molecular flexibility index (Phi) is 9.93. The van der Waals surface area contributed by atoms with Crippen molar-refractivity contribution in [1.82, 2.24) is 10.2 Å². The van der Waals surface area contributed by atoms with E-state index >= 15 is 0 Å². The molecular formula is C29H42N2O4. The fourth-order valence-corrected chi connectivity index (χ4v) is 5.85. The largest absolute Gasteiger partial charge is 0.461 e. The summed E-state index contributed by atoms with van der Waals surface area (Å²) >= 11 is 0. The number of ether oxygens (including phenoxy) is 1. The summed E-state index contributed by atoms with van der Waals surface area (Å²) in [5.74, 6) is 0.125. The van der Waals surface area contributed by atoms with Gasteiger partial charge in [0.1, 0.15) is 18.8 Å². The van der Waals surface area contributed by atoms with Crippen LogP contribution in [0.5, 0.6) is 0 Å². The first kappa shape index (κ1) is 26.1. The molecule has 6 nitrogen and oxygen atoms in total. The van der Waals surface area contributed by atoms with E-state index < -0.39 is 6.61 Å². The molecule has 2 aliphatic carbocycles. The summed E-state index contributed by atoms with van der Waals surface area (Å²) < 4.78 is 5.97. The van der Waals surface area contributed by atoms with Gasteiger partial charge in [0.2, 0.25) is 0 Å². The molecule has 3 aliphatic rings. The van der Waals surface area contributed by atoms with Crippen LogP contribution in [-0.4, -0.2) is 59.6 Å². The molecule has 0 spiro atoms. The van der Waals surface area contributed by atoms with Gasteiger partial charge in [0, 0.05) is 12.6 Å². The predicted molar refractivity (Wildman–Crippen MR) is 138 cm³/mol. The first-order valence-corrected chi connectivity index (χ1v) is 13.7. The van der Waals surface area contributed by atoms with Crippen molar-refractivity contribution in [3.8, 4) is 0 Å². The number of aliphatic hydroxyl groups excluding tert-OH is 1. The summed E-state index contributed by atoms with van der Waals surface area (Å²) in [5, 5.41) is 12.6. The average Bonchev–Trinajstić information content (AvgIpc) is 3.41. The van der Waals surface area contributed by atoms with Gasteiger partial charge in [-0.1, -0.05) is 49.6 Å². The number of likely N-dealkylation sites (tertiary alicyclic amines) is 1. The highest BCUT2D eigenvalue weighted by atomic mass is 16.5. The molecule has 1 atom stereocenters. The van der Waals surface area contributed by atoms with Gasteiger partial charge in [-0.3, -0.25) is 14.5 Å². The third kappa shape index (κ3) is 7.99. The Bertz CT molecular complexity index is 833. The number of esters is 1. The van der Waals surface area contributed by atoms with E-state index in [1.807, 2.05) is 12.1 Å². The highest BCUT2D eigenvalue weighted by Gasteiger charge is 2.35. The minimum Gasteiger partial charge on any atom is -0.461 e. The van der Waals surface area contributed by atoms with Crippen LogP contribution in [0.3, 0.4) is 0 Å². The minimum absolute atomic E-state index is 0.000979. The van der Waals surface area contributed by atoms with Crippen LogP contribution < -0.4 is 5.32 Å². The number of benzene rings is 1. The lowest BCUT2D eigenvalue weighted by atomic mass is 9.83. The summed E-state index contributed by atoms with van der Waals surface area (Å²) in [4.78, 5) is 26.9. The minimum atomic E-state index is -0.456. The van der Waals surface area contributed by atoms with E-state index in [0.29, 0.717) is 12.0 Å². The van der Waals surface area contributed by atoms with Crippen molar-refractivity contribution in [2.45, 2.75) is 95.4 Å². The van der Waals surface area contributed by atoms with E-state index in [0.717, 1.165) is 63.7 Å². The number of ketones is 1. The Morgan fingerprint density at radius 2 is 1.63 bits per heavy atom. The van der Waals surface area contributed by atoms with Crippen LogP contribution in [0.4, 0.5) is 0 Å². The van der Waals surface area contributed by atoms with Crippen LogP contribution in [0.1, 0.15) is 81.8 Å². The van der Waals surface area contributed by atoms with Gasteiger partial charge in [-0.05, 0) is 87.6 Å². The first-order chi connectivity index (χ1) is 17.1. The lowest BCUT2D eigenvalue weighted by Crippen LogP contribution is -2.52. The quantitative estimate of drug-likeness (QED) is 0.383. The van der Waals surface area contributed by atoms with Crippen LogP contribution in [0.15, 0.2) is 30.3 Å².